The van der Waals surface area contributed by atoms with Crippen LogP contribution in [0.2, 0.25) is 0 Å². The molecule has 0 aromatic heterocycles. The highest BCUT2D eigenvalue weighted by Crippen LogP contribution is 2.10. The van der Waals surface area contributed by atoms with Crippen molar-refractivity contribution in [3.63, 3.8) is 0 Å². The maximum atomic E-state index is 11.8. The maximum absolute atomic E-state index is 11.8. The molecule has 0 atom stereocenters. The molecule has 0 aliphatic heterocycles. The molecule has 0 amide bonds. The Labute approximate surface area is 175 Å². The number of carbonyl (C=O) groups excluding carboxylic acids is 1. The van der Waals surface area contributed by atoms with E-state index in [0.29, 0.717) is 13.0 Å². The van der Waals surface area contributed by atoms with Crippen LogP contribution in [-0.4, -0.2) is 12.6 Å². The Kier molecular flexibility index (Phi) is 19.5. The van der Waals surface area contributed by atoms with Gasteiger partial charge < -0.3 is 4.74 Å². The third-order valence-corrected chi connectivity index (χ3v) is 4.91. The molecule has 28 heavy (non-hydrogen) atoms. The number of unbranched alkanes of at least 4 members (excludes halogenated alkanes) is 9. The molecule has 0 radical (unpaired) electrons. The average molecular weight is 391 g/mol. The van der Waals surface area contributed by atoms with Gasteiger partial charge in [-0.25, -0.2) is 0 Å². The van der Waals surface area contributed by atoms with Gasteiger partial charge in [-0.05, 0) is 71.8 Å². The summed E-state index contributed by atoms with van der Waals surface area (Å²) >= 11 is 0. The first-order chi connectivity index (χ1) is 13.6. The minimum Gasteiger partial charge on any atom is -0.461 e. The van der Waals surface area contributed by atoms with Crippen molar-refractivity contribution in [1.29, 1.82) is 0 Å². The van der Waals surface area contributed by atoms with E-state index < -0.39 is 0 Å². The monoisotopic (exact) mass is 390 g/mol. The van der Waals surface area contributed by atoms with Crippen LogP contribution in [0.1, 0.15) is 118 Å². The molecule has 0 aliphatic rings. The van der Waals surface area contributed by atoms with E-state index in [2.05, 4.69) is 45.9 Å². The molecule has 0 saturated heterocycles. The van der Waals surface area contributed by atoms with Crippen LogP contribution in [-0.2, 0) is 9.53 Å². The maximum Gasteiger partial charge on any atom is 0.306 e. The predicted octanol–water partition coefficient (Wildman–Crippen LogP) is 8.48. The molecule has 0 bridgehead atoms. The normalized spacial score (nSPS) is 11.8. The summed E-state index contributed by atoms with van der Waals surface area (Å²) in [6, 6.07) is 0. The number of rotatable bonds is 18. The predicted molar refractivity (Wildman–Crippen MR) is 124 cm³/mol. The highest BCUT2D eigenvalue weighted by Gasteiger charge is 2.01. The lowest BCUT2D eigenvalue weighted by Crippen LogP contribution is -2.04. The quantitative estimate of drug-likeness (QED) is 0.133. The molecule has 0 rings (SSSR count). The van der Waals surface area contributed by atoms with Crippen LogP contribution in [0.3, 0.4) is 0 Å². The Morgan fingerprint density at radius 2 is 1.32 bits per heavy atom. The highest BCUT2D eigenvalue weighted by atomic mass is 16.5. The lowest BCUT2D eigenvalue weighted by Gasteiger charge is -2.04. The largest absolute Gasteiger partial charge is 0.461 e. The first kappa shape index (κ1) is 26.7. The van der Waals surface area contributed by atoms with Crippen LogP contribution in [0.15, 0.2) is 35.5 Å². The number of allylic oxidation sites excluding steroid dienone is 5. The van der Waals surface area contributed by atoms with Gasteiger partial charge in [-0.1, -0.05) is 74.8 Å². The SMILES string of the molecule is CCCCCC/C=C/CCCCCCCC(=O)OC/C=C(\C)CCC=C(C)C. The zero-order chi connectivity index (χ0) is 20.9. The average Bonchev–Trinajstić information content (AvgIpc) is 2.65. The van der Waals surface area contributed by atoms with Gasteiger partial charge in [0.2, 0.25) is 0 Å². The number of hydrogen-bond donors (Lipinski definition) is 0. The van der Waals surface area contributed by atoms with Crippen LogP contribution in [0.25, 0.3) is 0 Å². The summed E-state index contributed by atoms with van der Waals surface area (Å²) < 4.78 is 5.31. The lowest BCUT2D eigenvalue weighted by atomic mass is 10.1. The summed E-state index contributed by atoms with van der Waals surface area (Å²) in [7, 11) is 0. The van der Waals surface area contributed by atoms with Crippen molar-refractivity contribution in [2.45, 2.75) is 118 Å². The van der Waals surface area contributed by atoms with E-state index in [1.807, 2.05) is 6.08 Å². The number of hydrogen-bond acceptors (Lipinski definition) is 2. The number of ether oxygens (including phenoxy) is 1. The molecule has 0 heterocycles. The fraction of sp³-hybridized carbons (Fsp3) is 0.731. The van der Waals surface area contributed by atoms with Gasteiger partial charge in [-0.3, -0.25) is 4.79 Å². The van der Waals surface area contributed by atoms with Crippen molar-refractivity contribution in [2.24, 2.45) is 0 Å². The summed E-state index contributed by atoms with van der Waals surface area (Å²) in [5.74, 6) is -0.0562. The van der Waals surface area contributed by atoms with Gasteiger partial charge in [0.25, 0.3) is 0 Å². The van der Waals surface area contributed by atoms with Crippen LogP contribution < -0.4 is 0 Å². The van der Waals surface area contributed by atoms with Crippen LogP contribution in [0.4, 0.5) is 0 Å². The van der Waals surface area contributed by atoms with Gasteiger partial charge in [-0.15, -0.1) is 0 Å². The molecule has 0 saturated carbocycles. The molecular weight excluding hydrogens is 344 g/mol. The fourth-order valence-corrected chi connectivity index (χ4v) is 3.03. The standard InChI is InChI=1S/C26H46O2/c1-5-6-7-8-9-10-11-12-13-14-15-16-17-21-26(27)28-23-22-25(4)20-18-19-24(2)3/h10-11,19,22H,5-9,12-18,20-21,23H2,1-4H3/b11-10+,25-22+. The Bertz CT molecular complexity index is 453. The Hall–Kier alpha value is -1.31. The Morgan fingerprint density at radius 3 is 1.96 bits per heavy atom. The molecule has 0 fully saturated rings. The van der Waals surface area contributed by atoms with Gasteiger partial charge in [0.1, 0.15) is 6.61 Å². The third-order valence-electron chi connectivity index (χ3n) is 4.91. The summed E-state index contributed by atoms with van der Waals surface area (Å²) in [5.41, 5.74) is 2.65. The van der Waals surface area contributed by atoms with E-state index in [4.69, 9.17) is 4.74 Å². The minimum absolute atomic E-state index is 0.0562. The van der Waals surface area contributed by atoms with E-state index in [0.717, 1.165) is 25.7 Å². The molecular formula is C26H46O2. The van der Waals surface area contributed by atoms with E-state index in [1.165, 1.54) is 68.9 Å². The van der Waals surface area contributed by atoms with E-state index in [1.54, 1.807) is 0 Å². The zero-order valence-electron chi connectivity index (χ0n) is 19.2. The van der Waals surface area contributed by atoms with Crippen LogP contribution in [0, 0.1) is 0 Å². The Balaban J connectivity index is 3.45. The van der Waals surface area contributed by atoms with Crippen LogP contribution >= 0.6 is 0 Å². The second kappa shape index (κ2) is 20.4. The van der Waals surface area contributed by atoms with Gasteiger partial charge >= 0.3 is 5.97 Å². The molecule has 0 unspecified atom stereocenters. The molecule has 2 heteroatoms. The molecule has 0 N–H and O–H groups in total. The minimum atomic E-state index is -0.0562. The molecule has 0 aliphatic carbocycles. The molecule has 2 nitrogen and oxygen atoms in total. The van der Waals surface area contributed by atoms with Crippen molar-refractivity contribution in [3.05, 3.63) is 35.5 Å². The second-order valence-electron chi connectivity index (χ2n) is 8.18. The van der Waals surface area contributed by atoms with Crippen LogP contribution in [0.5, 0.6) is 0 Å². The smallest absolute Gasteiger partial charge is 0.306 e. The summed E-state index contributed by atoms with van der Waals surface area (Å²) in [6.45, 7) is 9.02. The van der Waals surface area contributed by atoms with Gasteiger partial charge in [0, 0.05) is 6.42 Å². The molecule has 0 spiro atoms. The second-order valence-corrected chi connectivity index (χ2v) is 8.18. The van der Waals surface area contributed by atoms with Gasteiger partial charge in [0.05, 0.1) is 0 Å². The fourth-order valence-electron chi connectivity index (χ4n) is 3.03. The number of esters is 1. The van der Waals surface area contributed by atoms with Crippen molar-refractivity contribution in [1.82, 2.24) is 0 Å². The van der Waals surface area contributed by atoms with Gasteiger partial charge in [0.15, 0.2) is 0 Å². The number of carbonyl (C=O) groups is 1. The Morgan fingerprint density at radius 1 is 0.714 bits per heavy atom. The molecule has 162 valence electrons. The molecule has 0 aromatic carbocycles. The topological polar surface area (TPSA) is 26.3 Å². The summed E-state index contributed by atoms with van der Waals surface area (Å²) in [6.07, 6.45) is 25.3. The van der Waals surface area contributed by atoms with Gasteiger partial charge in [-0.2, -0.15) is 0 Å². The van der Waals surface area contributed by atoms with Crippen molar-refractivity contribution in [2.75, 3.05) is 6.61 Å². The van der Waals surface area contributed by atoms with E-state index in [-0.39, 0.29) is 5.97 Å². The lowest BCUT2D eigenvalue weighted by molar-refractivity contribution is -0.142. The zero-order valence-corrected chi connectivity index (χ0v) is 19.2. The third kappa shape index (κ3) is 21.0. The van der Waals surface area contributed by atoms with E-state index in [9.17, 15) is 4.79 Å². The first-order valence-corrected chi connectivity index (χ1v) is 11.7. The van der Waals surface area contributed by atoms with Crippen molar-refractivity contribution in [3.8, 4) is 0 Å². The summed E-state index contributed by atoms with van der Waals surface area (Å²) in [5, 5.41) is 0. The van der Waals surface area contributed by atoms with E-state index >= 15 is 0 Å². The first-order valence-electron chi connectivity index (χ1n) is 11.7. The highest BCUT2D eigenvalue weighted by molar-refractivity contribution is 5.69. The van der Waals surface area contributed by atoms with Crippen molar-refractivity contribution < 1.29 is 9.53 Å². The summed E-state index contributed by atoms with van der Waals surface area (Å²) in [4.78, 5) is 11.8. The molecule has 0 aromatic rings. The van der Waals surface area contributed by atoms with Crippen molar-refractivity contribution >= 4 is 5.97 Å².